The third kappa shape index (κ3) is 9.80. The molecule has 0 bridgehead atoms. The molecule has 0 aromatic heterocycles. The maximum absolute atomic E-state index is 11.8. The highest BCUT2D eigenvalue weighted by Gasteiger charge is 2.10. The fourth-order valence-electron chi connectivity index (χ4n) is 2.34. The van der Waals surface area contributed by atoms with Crippen LogP contribution in [-0.2, 0) is 11.3 Å². The molecular formula is C21H35N5O. The molecular weight excluding hydrogens is 338 g/mol. The SMILES string of the molecule is C=C(C)CNC(=NCC(=O)N(C)C)NCCC(C)N(C)Cc1ccccc1. The fraction of sp³-hybridized carbons (Fsp3) is 0.524. The summed E-state index contributed by atoms with van der Waals surface area (Å²) in [6.45, 7) is 10.5. The van der Waals surface area contributed by atoms with Gasteiger partial charge in [0.1, 0.15) is 6.54 Å². The van der Waals surface area contributed by atoms with Crippen molar-refractivity contribution in [1.82, 2.24) is 20.4 Å². The summed E-state index contributed by atoms with van der Waals surface area (Å²) >= 11 is 0. The number of likely N-dealkylation sites (N-methyl/N-ethyl adjacent to an activating group) is 1. The van der Waals surface area contributed by atoms with Crippen LogP contribution in [0.3, 0.4) is 0 Å². The van der Waals surface area contributed by atoms with Gasteiger partial charge in [-0.05, 0) is 32.9 Å². The number of nitrogens with one attached hydrogen (secondary N) is 2. The molecule has 0 saturated carbocycles. The molecule has 0 saturated heterocycles. The Bertz CT molecular complexity index is 612. The van der Waals surface area contributed by atoms with Crippen LogP contribution in [0.2, 0.25) is 0 Å². The molecule has 0 fully saturated rings. The molecule has 6 heteroatoms. The maximum atomic E-state index is 11.8. The van der Waals surface area contributed by atoms with Gasteiger partial charge in [-0.15, -0.1) is 0 Å². The maximum Gasteiger partial charge on any atom is 0.243 e. The first-order valence-corrected chi connectivity index (χ1v) is 9.40. The summed E-state index contributed by atoms with van der Waals surface area (Å²) in [4.78, 5) is 20.0. The van der Waals surface area contributed by atoms with Crippen molar-refractivity contribution in [3.8, 4) is 0 Å². The Kier molecular flexibility index (Phi) is 10.2. The van der Waals surface area contributed by atoms with Crippen molar-refractivity contribution in [3.63, 3.8) is 0 Å². The average Bonchev–Trinajstić information content (AvgIpc) is 2.63. The summed E-state index contributed by atoms with van der Waals surface area (Å²) in [5, 5.41) is 6.53. The molecule has 150 valence electrons. The van der Waals surface area contributed by atoms with Crippen molar-refractivity contribution in [1.29, 1.82) is 0 Å². The molecule has 1 aromatic carbocycles. The molecule has 0 aliphatic heterocycles. The lowest BCUT2D eigenvalue weighted by Gasteiger charge is -2.25. The lowest BCUT2D eigenvalue weighted by Crippen LogP contribution is -2.41. The second-order valence-corrected chi connectivity index (χ2v) is 7.23. The Morgan fingerprint density at radius 1 is 1.19 bits per heavy atom. The number of rotatable bonds is 10. The Morgan fingerprint density at radius 2 is 1.85 bits per heavy atom. The lowest BCUT2D eigenvalue weighted by atomic mass is 10.1. The highest BCUT2D eigenvalue weighted by Crippen LogP contribution is 2.07. The van der Waals surface area contributed by atoms with Crippen LogP contribution in [0.15, 0.2) is 47.5 Å². The summed E-state index contributed by atoms with van der Waals surface area (Å²) in [5.41, 5.74) is 2.33. The third-order valence-corrected chi connectivity index (χ3v) is 4.31. The van der Waals surface area contributed by atoms with Crippen LogP contribution < -0.4 is 10.6 Å². The summed E-state index contributed by atoms with van der Waals surface area (Å²) in [6, 6.07) is 10.9. The van der Waals surface area contributed by atoms with Gasteiger partial charge in [0.25, 0.3) is 0 Å². The number of hydrogen-bond acceptors (Lipinski definition) is 3. The van der Waals surface area contributed by atoms with Gasteiger partial charge in [0.05, 0.1) is 0 Å². The van der Waals surface area contributed by atoms with Crippen molar-refractivity contribution in [2.75, 3.05) is 40.8 Å². The lowest BCUT2D eigenvalue weighted by molar-refractivity contribution is -0.127. The summed E-state index contributed by atoms with van der Waals surface area (Å²) in [6.07, 6.45) is 0.971. The first kappa shape index (κ1) is 22.7. The molecule has 0 heterocycles. The van der Waals surface area contributed by atoms with Gasteiger partial charge in [0.2, 0.25) is 5.91 Å². The first-order valence-electron chi connectivity index (χ1n) is 9.40. The number of amides is 1. The molecule has 1 unspecified atom stereocenters. The molecule has 6 nitrogen and oxygen atoms in total. The van der Waals surface area contributed by atoms with Crippen LogP contribution in [0.1, 0.15) is 25.8 Å². The summed E-state index contributed by atoms with van der Waals surface area (Å²) in [7, 11) is 5.61. The quantitative estimate of drug-likeness (QED) is 0.375. The molecule has 1 rings (SSSR count). The fourth-order valence-corrected chi connectivity index (χ4v) is 2.34. The van der Waals surface area contributed by atoms with Crippen molar-refractivity contribution >= 4 is 11.9 Å². The Hall–Kier alpha value is -2.34. The molecule has 1 atom stereocenters. The van der Waals surface area contributed by atoms with E-state index in [1.54, 1.807) is 19.0 Å². The Morgan fingerprint density at radius 3 is 2.44 bits per heavy atom. The minimum Gasteiger partial charge on any atom is -0.356 e. The molecule has 0 aliphatic rings. The largest absolute Gasteiger partial charge is 0.356 e. The van der Waals surface area contributed by atoms with Crippen LogP contribution in [0, 0.1) is 0 Å². The first-order chi connectivity index (χ1) is 12.8. The van der Waals surface area contributed by atoms with Gasteiger partial charge in [-0.3, -0.25) is 9.69 Å². The standard InChI is InChI=1S/C21H35N5O/c1-17(2)14-23-21(24-15-20(27)25(4)5)22-13-12-18(3)26(6)16-19-10-8-7-9-11-19/h7-11,18H,1,12-16H2,2-6H3,(H2,22,23,24). The number of nitrogens with zero attached hydrogens (tertiary/aromatic N) is 3. The van der Waals surface area contributed by atoms with Gasteiger partial charge < -0.3 is 15.5 Å². The van der Waals surface area contributed by atoms with Gasteiger partial charge in [-0.1, -0.05) is 42.5 Å². The van der Waals surface area contributed by atoms with Gasteiger partial charge in [-0.25, -0.2) is 4.99 Å². The van der Waals surface area contributed by atoms with E-state index in [1.807, 2.05) is 13.0 Å². The average molecular weight is 374 g/mol. The number of benzene rings is 1. The predicted molar refractivity (Wildman–Crippen MR) is 114 cm³/mol. The van der Waals surface area contributed by atoms with E-state index in [1.165, 1.54) is 5.56 Å². The topological polar surface area (TPSA) is 60.0 Å². The summed E-state index contributed by atoms with van der Waals surface area (Å²) in [5.74, 6) is 0.619. The van der Waals surface area contributed by atoms with Crippen LogP contribution >= 0.6 is 0 Å². The van der Waals surface area contributed by atoms with Crippen molar-refractivity contribution in [2.45, 2.75) is 32.9 Å². The number of aliphatic imine (C=N–C) groups is 1. The van der Waals surface area contributed by atoms with E-state index in [-0.39, 0.29) is 12.5 Å². The second kappa shape index (κ2) is 12.1. The minimum atomic E-state index is -0.0256. The Labute approximate surface area is 164 Å². The highest BCUT2D eigenvalue weighted by atomic mass is 16.2. The molecule has 0 aliphatic carbocycles. The van der Waals surface area contributed by atoms with E-state index in [4.69, 9.17) is 0 Å². The van der Waals surface area contributed by atoms with Crippen LogP contribution in [0.4, 0.5) is 0 Å². The van der Waals surface area contributed by atoms with Crippen molar-refractivity contribution in [3.05, 3.63) is 48.0 Å². The number of hydrogen-bond donors (Lipinski definition) is 2. The van der Waals surface area contributed by atoms with E-state index < -0.39 is 0 Å². The normalized spacial score (nSPS) is 12.6. The monoisotopic (exact) mass is 373 g/mol. The predicted octanol–water partition coefficient (Wildman–Crippen LogP) is 2.10. The van der Waals surface area contributed by atoms with Gasteiger partial charge >= 0.3 is 0 Å². The van der Waals surface area contributed by atoms with Crippen LogP contribution in [-0.4, -0.2) is 68.5 Å². The van der Waals surface area contributed by atoms with Crippen molar-refractivity contribution < 1.29 is 4.79 Å². The van der Waals surface area contributed by atoms with Gasteiger partial charge in [-0.2, -0.15) is 0 Å². The van der Waals surface area contributed by atoms with E-state index >= 15 is 0 Å². The zero-order valence-electron chi connectivity index (χ0n) is 17.5. The third-order valence-electron chi connectivity index (χ3n) is 4.31. The van der Waals surface area contributed by atoms with E-state index in [2.05, 4.69) is 65.3 Å². The smallest absolute Gasteiger partial charge is 0.243 e. The second-order valence-electron chi connectivity index (χ2n) is 7.23. The molecule has 27 heavy (non-hydrogen) atoms. The molecule has 0 spiro atoms. The van der Waals surface area contributed by atoms with Gasteiger partial charge in [0, 0.05) is 39.8 Å². The Balaban J connectivity index is 2.49. The number of carbonyl (C=O) groups is 1. The van der Waals surface area contributed by atoms with E-state index in [0.717, 1.165) is 25.1 Å². The zero-order chi connectivity index (χ0) is 20.2. The number of guanidine groups is 1. The van der Waals surface area contributed by atoms with Crippen LogP contribution in [0.5, 0.6) is 0 Å². The molecule has 2 N–H and O–H groups in total. The molecule has 1 amide bonds. The minimum absolute atomic E-state index is 0.0256. The van der Waals surface area contributed by atoms with E-state index in [9.17, 15) is 4.79 Å². The van der Waals surface area contributed by atoms with Crippen molar-refractivity contribution in [2.24, 2.45) is 4.99 Å². The van der Waals surface area contributed by atoms with Gasteiger partial charge in [0.15, 0.2) is 5.96 Å². The van der Waals surface area contributed by atoms with Crippen LogP contribution in [0.25, 0.3) is 0 Å². The van der Waals surface area contributed by atoms with E-state index in [0.29, 0.717) is 18.5 Å². The highest BCUT2D eigenvalue weighted by molar-refractivity contribution is 5.84. The molecule has 1 aromatic rings. The number of carbonyl (C=O) groups excluding carboxylic acids is 1. The zero-order valence-corrected chi connectivity index (χ0v) is 17.5. The summed E-state index contributed by atoms with van der Waals surface area (Å²) < 4.78 is 0. The molecule has 0 radical (unpaired) electrons.